The van der Waals surface area contributed by atoms with Gasteiger partial charge in [-0.25, -0.2) is 4.39 Å². The van der Waals surface area contributed by atoms with E-state index < -0.39 is 23.5 Å². The zero-order chi connectivity index (χ0) is 14.9. The molecule has 0 radical (unpaired) electrons. The lowest BCUT2D eigenvalue weighted by Gasteiger charge is -2.05. The summed E-state index contributed by atoms with van der Waals surface area (Å²) in [5, 5.41) is 10.6. The molecule has 104 valence electrons. The molecule has 0 saturated heterocycles. The van der Waals surface area contributed by atoms with Gasteiger partial charge in [-0.1, -0.05) is 18.2 Å². The molecule has 0 aliphatic rings. The molecule has 1 N–H and O–H groups in total. The smallest absolute Gasteiger partial charge is 0.454 e. The summed E-state index contributed by atoms with van der Waals surface area (Å²) in [6.45, 7) is 0. The highest BCUT2D eigenvalue weighted by molar-refractivity contribution is 5.99. The van der Waals surface area contributed by atoms with E-state index in [0.29, 0.717) is 10.8 Å². The topological polar surface area (TPSA) is 37.3 Å². The second kappa shape index (κ2) is 4.96. The first kappa shape index (κ1) is 14.0. The Balaban J connectivity index is 2.40. The molecule has 0 aliphatic carbocycles. The van der Waals surface area contributed by atoms with Crippen molar-refractivity contribution >= 4 is 22.3 Å². The number of halogens is 4. The van der Waals surface area contributed by atoms with Gasteiger partial charge in [0.15, 0.2) is 0 Å². The number of benzene rings is 2. The Morgan fingerprint density at radius 3 is 2.30 bits per heavy atom. The molecule has 0 bridgehead atoms. The molecule has 0 fully saturated rings. The van der Waals surface area contributed by atoms with Gasteiger partial charge in [0.1, 0.15) is 11.6 Å². The van der Waals surface area contributed by atoms with Crippen molar-refractivity contribution in [2.75, 3.05) is 0 Å². The van der Waals surface area contributed by atoms with Crippen LogP contribution in [0.5, 0.6) is 0 Å². The van der Waals surface area contributed by atoms with Crippen molar-refractivity contribution in [2.45, 2.75) is 6.18 Å². The van der Waals surface area contributed by atoms with Crippen molar-refractivity contribution in [3.05, 3.63) is 53.9 Å². The molecule has 6 heteroatoms. The summed E-state index contributed by atoms with van der Waals surface area (Å²) in [6.07, 6.45) is -4.92. The number of hydrogen-bond acceptors (Lipinski definition) is 2. The monoisotopic (exact) mass is 284 g/mol. The standard InChI is InChI=1S/C14H8F4O2/c15-11-4-3-8-5-10(2-1-9(8)6-11)12(19)7-13(20)14(16,17)18/h1-7,19H/b12-7-. The summed E-state index contributed by atoms with van der Waals surface area (Å²) >= 11 is 0. The van der Waals surface area contributed by atoms with Crippen LogP contribution in [0, 0.1) is 5.82 Å². The molecule has 0 aliphatic heterocycles. The van der Waals surface area contributed by atoms with Gasteiger partial charge in [-0.2, -0.15) is 13.2 Å². The second-order valence-electron chi connectivity index (χ2n) is 4.10. The average Bonchev–Trinajstić information content (AvgIpc) is 2.36. The van der Waals surface area contributed by atoms with E-state index in [4.69, 9.17) is 0 Å². The molecule has 0 heterocycles. The van der Waals surface area contributed by atoms with Gasteiger partial charge in [-0.05, 0) is 29.0 Å². The van der Waals surface area contributed by atoms with Crippen LogP contribution < -0.4 is 0 Å². The number of carbonyl (C=O) groups is 1. The third-order valence-electron chi connectivity index (χ3n) is 2.65. The second-order valence-corrected chi connectivity index (χ2v) is 4.10. The van der Waals surface area contributed by atoms with Crippen LogP contribution in [0.25, 0.3) is 16.5 Å². The summed E-state index contributed by atoms with van der Waals surface area (Å²) in [6, 6.07) is 7.97. The van der Waals surface area contributed by atoms with Crippen LogP contribution in [0.15, 0.2) is 42.5 Å². The zero-order valence-corrected chi connectivity index (χ0v) is 9.91. The third kappa shape index (κ3) is 2.96. The quantitative estimate of drug-likeness (QED) is 0.514. The molecular weight excluding hydrogens is 276 g/mol. The summed E-state index contributed by atoms with van der Waals surface area (Å²) in [7, 11) is 0. The van der Waals surface area contributed by atoms with E-state index in [1.807, 2.05) is 0 Å². The molecular formula is C14H8F4O2. The average molecular weight is 284 g/mol. The summed E-state index contributed by atoms with van der Waals surface area (Å²) < 4.78 is 49.2. The van der Waals surface area contributed by atoms with E-state index in [-0.39, 0.29) is 11.6 Å². The van der Waals surface area contributed by atoms with Crippen LogP contribution in [0.1, 0.15) is 5.56 Å². The molecule has 0 unspecified atom stereocenters. The van der Waals surface area contributed by atoms with Crippen LogP contribution >= 0.6 is 0 Å². The van der Waals surface area contributed by atoms with Gasteiger partial charge in [0, 0.05) is 11.6 Å². The summed E-state index contributed by atoms with van der Waals surface area (Å²) in [5.41, 5.74) is 0.0432. The highest BCUT2D eigenvalue weighted by atomic mass is 19.4. The fourth-order valence-corrected chi connectivity index (χ4v) is 1.67. The van der Waals surface area contributed by atoms with Crippen molar-refractivity contribution in [2.24, 2.45) is 0 Å². The lowest BCUT2D eigenvalue weighted by Crippen LogP contribution is -2.20. The Bertz CT molecular complexity index is 702. The predicted molar refractivity (Wildman–Crippen MR) is 65.6 cm³/mol. The lowest BCUT2D eigenvalue weighted by atomic mass is 10.1. The number of ketones is 1. The number of rotatable bonds is 2. The van der Waals surface area contributed by atoms with Gasteiger partial charge < -0.3 is 5.11 Å². The maximum absolute atomic E-state index is 13.0. The Kier molecular flexibility index (Phi) is 3.48. The molecule has 0 atom stereocenters. The maximum Gasteiger partial charge on any atom is 0.454 e. The first-order valence-corrected chi connectivity index (χ1v) is 5.49. The Morgan fingerprint density at radius 1 is 1.05 bits per heavy atom. The normalized spacial score (nSPS) is 12.7. The fourth-order valence-electron chi connectivity index (χ4n) is 1.67. The minimum Gasteiger partial charge on any atom is -0.507 e. The van der Waals surface area contributed by atoms with Gasteiger partial charge in [0.25, 0.3) is 5.78 Å². The number of hydrogen-bond donors (Lipinski definition) is 1. The first-order valence-electron chi connectivity index (χ1n) is 5.49. The van der Waals surface area contributed by atoms with Crippen molar-refractivity contribution in [3.8, 4) is 0 Å². The minimum atomic E-state index is -5.03. The molecule has 20 heavy (non-hydrogen) atoms. The molecule has 0 amide bonds. The van der Waals surface area contributed by atoms with Crippen molar-refractivity contribution < 1.29 is 27.5 Å². The fraction of sp³-hybridized carbons (Fsp3) is 0.0714. The maximum atomic E-state index is 13.0. The van der Waals surface area contributed by atoms with Gasteiger partial charge in [0.2, 0.25) is 0 Å². The predicted octanol–water partition coefficient (Wildman–Crippen LogP) is 4.01. The summed E-state index contributed by atoms with van der Waals surface area (Å²) in [4.78, 5) is 10.7. The van der Waals surface area contributed by atoms with E-state index >= 15 is 0 Å². The Hall–Kier alpha value is -2.37. The van der Waals surface area contributed by atoms with E-state index in [1.54, 1.807) is 0 Å². The van der Waals surface area contributed by atoms with E-state index in [2.05, 4.69) is 0 Å². The van der Waals surface area contributed by atoms with Crippen molar-refractivity contribution in [3.63, 3.8) is 0 Å². The molecule has 2 aromatic rings. The van der Waals surface area contributed by atoms with Gasteiger partial charge in [-0.15, -0.1) is 0 Å². The third-order valence-corrected chi connectivity index (χ3v) is 2.65. The van der Waals surface area contributed by atoms with Gasteiger partial charge >= 0.3 is 6.18 Å². The number of alkyl halides is 3. The number of aliphatic hydroxyl groups is 1. The van der Waals surface area contributed by atoms with Gasteiger partial charge in [-0.3, -0.25) is 4.79 Å². The zero-order valence-electron chi connectivity index (χ0n) is 9.91. The Morgan fingerprint density at radius 2 is 1.65 bits per heavy atom. The van der Waals surface area contributed by atoms with E-state index in [0.717, 1.165) is 0 Å². The van der Waals surface area contributed by atoms with Crippen LogP contribution in [0.3, 0.4) is 0 Å². The first-order chi connectivity index (χ1) is 9.27. The Labute approximate surface area is 111 Å². The van der Waals surface area contributed by atoms with Crippen LogP contribution in [0.4, 0.5) is 17.6 Å². The van der Waals surface area contributed by atoms with Crippen LogP contribution in [0.2, 0.25) is 0 Å². The number of fused-ring (bicyclic) bond motifs is 1. The number of allylic oxidation sites excluding steroid dienone is 1. The molecule has 2 rings (SSSR count). The van der Waals surface area contributed by atoms with E-state index in [1.165, 1.54) is 36.4 Å². The minimum absolute atomic E-state index is 0.0432. The number of aliphatic hydroxyl groups excluding tert-OH is 1. The molecule has 0 aromatic heterocycles. The van der Waals surface area contributed by atoms with Gasteiger partial charge in [0.05, 0.1) is 0 Å². The van der Waals surface area contributed by atoms with Crippen LogP contribution in [-0.2, 0) is 4.79 Å². The molecule has 2 aromatic carbocycles. The van der Waals surface area contributed by atoms with E-state index in [9.17, 15) is 27.5 Å². The summed E-state index contributed by atoms with van der Waals surface area (Å²) in [5.74, 6) is -3.38. The molecule has 2 nitrogen and oxygen atoms in total. The largest absolute Gasteiger partial charge is 0.507 e. The highest BCUT2D eigenvalue weighted by Crippen LogP contribution is 2.23. The van der Waals surface area contributed by atoms with Crippen LogP contribution in [-0.4, -0.2) is 17.1 Å². The highest BCUT2D eigenvalue weighted by Gasteiger charge is 2.36. The number of carbonyl (C=O) groups excluding carboxylic acids is 1. The molecule has 0 spiro atoms. The lowest BCUT2D eigenvalue weighted by molar-refractivity contribution is -0.165. The molecule has 0 saturated carbocycles. The van der Waals surface area contributed by atoms with Crippen molar-refractivity contribution in [1.29, 1.82) is 0 Å². The van der Waals surface area contributed by atoms with Crippen molar-refractivity contribution in [1.82, 2.24) is 0 Å². The SMILES string of the molecule is O=C(/C=C(\O)c1ccc2cc(F)ccc2c1)C(F)(F)F.